The van der Waals surface area contributed by atoms with Crippen molar-refractivity contribution in [2.75, 3.05) is 48.9 Å². The summed E-state index contributed by atoms with van der Waals surface area (Å²) in [5, 5.41) is 3.67. The number of aryl methyl sites for hydroxylation is 1. The van der Waals surface area contributed by atoms with Crippen molar-refractivity contribution in [3.05, 3.63) is 106 Å². The number of anilines is 2. The quantitative estimate of drug-likeness (QED) is 0.225. The van der Waals surface area contributed by atoms with Crippen molar-refractivity contribution in [2.24, 2.45) is 0 Å². The highest BCUT2D eigenvalue weighted by atomic mass is 35.5. The molecule has 1 saturated heterocycles. The molecule has 5 rings (SSSR count). The SMILES string of the molecule is Cc1cccc(N2CCN(CCNC(=O)c3ccc(S(=O)(=O)Nc4ccccc4Oc4ccc(Cl)cc4Cl)cc3)CC2)n1. The Labute approximate surface area is 261 Å². The third-order valence-corrected chi connectivity index (χ3v) is 8.87. The van der Waals surface area contributed by atoms with Crippen molar-refractivity contribution in [3.8, 4) is 11.5 Å². The average molecular weight is 641 g/mol. The van der Waals surface area contributed by atoms with Crippen molar-refractivity contribution in [1.29, 1.82) is 0 Å². The zero-order valence-corrected chi connectivity index (χ0v) is 25.8. The van der Waals surface area contributed by atoms with Gasteiger partial charge in [0.15, 0.2) is 5.75 Å². The fourth-order valence-electron chi connectivity index (χ4n) is 4.64. The van der Waals surface area contributed by atoms with E-state index < -0.39 is 10.0 Å². The lowest BCUT2D eigenvalue weighted by atomic mass is 10.2. The van der Waals surface area contributed by atoms with Gasteiger partial charge in [0.25, 0.3) is 15.9 Å². The molecule has 43 heavy (non-hydrogen) atoms. The van der Waals surface area contributed by atoms with Crippen LogP contribution >= 0.6 is 23.2 Å². The maximum atomic E-state index is 13.2. The number of nitrogens with zero attached hydrogens (tertiary/aromatic N) is 3. The van der Waals surface area contributed by atoms with E-state index in [1.165, 1.54) is 30.3 Å². The van der Waals surface area contributed by atoms with Gasteiger partial charge in [0.05, 0.1) is 15.6 Å². The molecule has 224 valence electrons. The second kappa shape index (κ2) is 13.6. The fraction of sp³-hybridized carbons (Fsp3) is 0.226. The Hall–Kier alpha value is -3.83. The standard InChI is InChI=1S/C31H31Cl2N5O4S/c1-22-5-4-8-30(35-22)38-19-17-37(18-20-38)16-15-34-31(39)23-9-12-25(13-10-23)43(40,41)36-27-6-2-3-7-29(27)42-28-14-11-24(32)21-26(28)33/h2-14,21,36H,15-20H2,1H3,(H,34,39). The number of piperazine rings is 1. The second-order valence-electron chi connectivity index (χ2n) is 10.0. The number of benzene rings is 3. The second-order valence-corrected chi connectivity index (χ2v) is 12.6. The third-order valence-electron chi connectivity index (χ3n) is 6.96. The number of sulfonamides is 1. The van der Waals surface area contributed by atoms with Crippen LogP contribution in [-0.4, -0.2) is 63.5 Å². The molecule has 0 radical (unpaired) electrons. The summed E-state index contributed by atoms with van der Waals surface area (Å²) in [6.45, 7) is 6.71. The van der Waals surface area contributed by atoms with Gasteiger partial charge in [0.1, 0.15) is 11.6 Å². The molecule has 0 saturated carbocycles. The van der Waals surface area contributed by atoms with E-state index in [0.29, 0.717) is 22.9 Å². The van der Waals surface area contributed by atoms with Crippen LogP contribution in [0.25, 0.3) is 0 Å². The van der Waals surface area contributed by atoms with Crippen LogP contribution in [0.4, 0.5) is 11.5 Å². The predicted octanol–water partition coefficient (Wildman–Crippen LogP) is 5.84. The molecule has 0 spiro atoms. The van der Waals surface area contributed by atoms with E-state index in [1.807, 2.05) is 25.1 Å². The number of carbonyl (C=O) groups excluding carboxylic acids is 1. The molecule has 0 bridgehead atoms. The number of aromatic nitrogens is 1. The molecular weight excluding hydrogens is 609 g/mol. The minimum absolute atomic E-state index is 0.00403. The number of hydrogen-bond donors (Lipinski definition) is 2. The number of pyridine rings is 1. The lowest BCUT2D eigenvalue weighted by Gasteiger charge is -2.35. The maximum Gasteiger partial charge on any atom is 0.262 e. The molecule has 0 aliphatic carbocycles. The molecule has 9 nitrogen and oxygen atoms in total. The van der Waals surface area contributed by atoms with Gasteiger partial charge in [-0.15, -0.1) is 0 Å². The van der Waals surface area contributed by atoms with Gasteiger partial charge in [-0.1, -0.05) is 41.4 Å². The van der Waals surface area contributed by atoms with Crippen LogP contribution in [0.2, 0.25) is 10.0 Å². The van der Waals surface area contributed by atoms with Gasteiger partial charge in [-0.05, 0) is 73.7 Å². The smallest absolute Gasteiger partial charge is 0.262 e. The highest BCUT2D eigenvalue weighted by Gasteiger charge is 2.20. The summed E-state index contributed by atoms with van der Waals surface area (Å²) in [5.41, 5.74) is 1.60. The normalized spacial score (nSPS) is 13.9. The molecule has 0 atom stereocenters. The van der Waals surface area contributed by atoms with Crippen LogP contribution in [-0.2, 0) is 10.0 Å². The van der Waals surface area contributed by atoms with Gasteiger partial charge in [0, 0.05) is 55.5 Å². The van der Waals surface area contributed by atoms with Crippen LogP contribution in [0, 0.1) is 6.92 Å². The zero-order chi connectivity index (χ0) is 30.4. The molecule has 1 amide bonds. The average Bonchev–Trinajstić information content (AvgIpc) is 3.00. The molecule has 3 aromatic carbocycles. The van der Waals surface area contributed by atoms with E-state index in [-0.39, 0.29) is 27.3 Å². The van der Waals surface area contributed by atoms with Crippen LogP contribution in [0.3, 0.4) is 0 Å². The predicted molar refractivity (Wildman–Crippen MR) is 170 cm³/mol. The van der Waals surface area contributed by atoms with E-state index in [2.05, 4.69) is 24.8 Å². The Balaban J connectivity index is 1.13. The molecule has 12 heteroatoms. The maximum absolute atomic E-state index is 13.2. The number of nitrogens with one attached hydrogen (secondary N) is 2. The Bertz CT molecular complexity index is 1690. The first-order valence-corrected chi connectivity index (χ1v) is 16.0. The van der Waals surface area contributed by atoms with Gasteiger partial charge < -0.3 is 15.0 Å². The number of amides is 1. The number of carbonyl (C=O) groups is 1. The van der Waals surface area contributed by atoms with E-state index in [9.17, 15) is 13.2 Å². The van der Waals surface area contributed by atoms with Crippen molar-refractivity contribution in [3.63, 3.8) is 0 Å². The molecule has 2 N–H and O–H groups in total. The molecule has 2 heterocycles. The monoisotopic (exact) mass is 639 g/mol. The van der Waals surface area contributed by atoms with Crippen molar-refractivity contribution in [2.45, 2.75) is 11.8 Å². The molecule has 1 aliphatic rings. The zero-order valence-electron chi connectivity index (χ0n) is 23.5. The first-order chi connectivity index (χ1) is 20.7. The molecule has 1 aromatic heterocycles. The van der Waals surface area contributed by atoms with Crippen LogP contribution in [0.5, 0.6) is 11.5 Å². The molecule has 1 fully saturated rings. The van der Waals surface area contributed by atoms with E-state index in [1.54, 1.807) is 36.4 Å². The molecule has 4 aromatic rings. The Kier molecular flexibility index (Phi) is 9.72. The molecular formula is C31H31Cl2N5O4S. The highest BCUT2D eigenvalue weighted by molar-refractivity contribution is 7.92. The van der Waals surface area contributed by atoms with Gasteiger partial charge >= 0.3 is 0 Å². The summed E-state index contributed by atoms with van der Waals surface area (Å²) in [4.78, 5) is 21.9. The van der Waals surface area contributed by atoms with E-state index in [0.717, 1.165) is 44.2 Å². The summed E-state index contributed by atoms with van der Waals surface area (Å²) < 4.78 is 34.7. The molecule has 0 unspecified atom stereocenters. The van der Waals surface area contributed by atoms with Gasteiger partial charge in [-0.2, -0.15) is 0 Å². The number of halogens is 2. The minimum Gasteiger partial charge on any atom is -0.454 e. The van der Waals surface area contributed by atoms with Gasteiger partial charge in [-0.25, -0.2) is 13.4 Å². The fourth-order valence-corrected chi connectivity index (χ4v) is 6.16. The van der Waals surface area contributed by atoms with Crippen molar-refractivity contribution >= 4 is 50.6 Å². The number of rotatable bonds is 10. The minimum atomic E-state index is -3.98. The summed E-state index contributed by atoms with van der Waals surface area (Å²) in [7, 11) is -3.98. The van der Waals surface area contributed by atoms with Crippen LogP contribution in [0.1, 0.15) is 16.1 Å². The molecule has 1 aliphatic heterocycles. The Morgan fingerprint density at radius 1 is 0.907 bits per heavy atom. The topological polar surface area (TPSA) is 104 Å². The van der Waals surface area contributed by atoms with E-state index >= 15 is 0 Å². The van der Waals surface area contributed by atoms with Crippen molar-refractivity contribution in [1.82, 2.24) is 15.2 Å². The van der Waals surface area contributed by atoms with Crippen LogP contribution in [0.15, 0.2) is 89.8 Å². The third kappa shape index (κ3) is 7.97. The summed E-state index contributed by atoms with van der Waals surface area (Å²) in [5.74, 6) is 1.32. The number of hydrogen-bond acceptors (Lipinski definition) is 7. The highest BCUT2D eigenvalue weighted by Crippen LogP contribution is 2.35. The Morgan fingerprint density at radius 2 is 1.65 bits per heavy atom. The van der Waals surface area contributed by atoms with Crippen molar-refractivity contribution < 1.29 is 17.9 Å². The van der Waals surface area contributed by atoms with Gasteiger partial charge in [-0.3, -0.25) is 14.4 Å². The van der Waals surface area contributed by atoms with Gasteiger partial charge in [0.2, 0.25) is 0 Å². The van der Waals surface area contributed by atoms with E-state index in [4.69, 9.17) is 27.9 Å². The first kappa shape index (κ1) is 30.6. The largest absolute Gasteiger partial charge is 0.454 e. The number of ether oxygens (including phenoxy) is 1. The lowest BCUT2D eigenvalue weighted by molar-refractivity contribution is 0.0947. The first-order valence-electron chi connectivity index (χ1n) is 13.7. The lowest BCUT2D eigenvalue weighted by Crippen LogP contribution is -2.48. The summed E-state index contributed by atoms with van der Waals surface area (Å²) >= 11 is 12.2. The number of para-hydroxylation sites is 2. The van der Waals surface area contributed by atoms with Crippen LogP contribution < -0.4 is 19.7 Å². The Morgan fingerprint density at radius 3 is 2.37 bits per heavy atom. The summed E-state index contributed by atoms with van der Waals surface area (Å²) in [6.07, 6.45) is 0. The summed E-state index contributed by atoms with van der Waals surface area (Å²) in [6, 6.07) is 23.2.